The lowest BCUT2D eigenvalue weighted by Gasteiger charge is -2.38. The second-order valence-electron chi connectivity index (χ2n) is 5.62. The molecule has 2 N–H and O–H groups in total. The van der Waals surface area contributed by atoms with Crippen molar-refractivity contribution in [3.8, 4) is 5.75 Å². The molecule has 0 aromatic heterocycles. The lowest BCUT2D eigenvalue weighted by Crippen LogP contribution is -2.46. The van der Waals surface area contributed by atoms with Gasteiger partial charge in [-0.25, -0.2) is 0 Å². The summed E-state index contributed by atoms with van der Waals surface area (Å²) in [5.74, 6) is 0.358. The fraction of sp³-hybridized carbons (Fsp3) is 0.625. The second-order valence-corrected chi connectivity index (χ2v) is 5.62. The van der Waals surface area contributed by atoms with Crippen LogP contribution in [0.5, 0.6) is 5.75 Å². The van der Waals surface area contributed by atoms with Crippen molar-refractivity contribution in [2.75, 3.05) is 13.2 Å². The third-order valence-corrected chi connectivity index (χ3v) is 4.17. The molecule has 3 nitrogen and oxygen atoms in total. The Kier molecular flexibility index (Phi) is 4.83. The van der Waals surface area contributed by atoms with Gasteiger partial charge in [-0.1, -0.05) is 13.0 Å². The number of phenolic OH excluding ortho intramolecular Hbond substituents is 1. The third kappa shape index (κ3) is 3.28. The largest absolute Gasteiger partial charge is 0.508 e. The number of aliphatic hydroxyl groups is 1. The van der Waals surface area contributed by atoms with E-state index < -0.39 is 0 Å². The Hall–Kier alpha value is -1.06. The summed E-state index contributed by atoms with van der Waals surface area (Å²) in [6, 6.07) is 6.41. The van der Waals surface area contributed by atoms with E-state index >= 15 is 0 Å². The molecule has 0 saturated heterocycles. The molecule has 0 saturated carbocycles. The molecule has 0 aliphatic heterocycles. The summed E-state index contributed by atoms with van der Waals surface area (Å²) in [5.41, 5.74) is 2.63. The van der Waals surface area contributed by atoms with Crippen molar-refractivity contribution in [1.82, 2.24) is 4.90 Å². The lowest BCUT2D eigenvalue weighted by atomic mass is 9.86. The average Bonchev–Trinajstić information content (AvgIpc) is 2.43. The molecule has 19 heavy (non-hydrogen) atoms. The molecule has 0 amide bonds. The maximum absolute atomic E-state index is 9.62. The molecule has 1 aliphatic rings. The standard InChI is InChI=1S/C16H25NO2/c1-3-8-17(12(2)11-18)15-6-4-13-5-7-16(19)10-14(13)9-15/h5,7,10,12,15,18-19H,3-4,6,8-9,11H2,1-2H3. The average molecular weight is 263 g/mol. The van der Waals surface area contributed by atoms with Crippen LogP contribution in [-0.2, 0) is 12.8 Å². The van der Waals surface area contributed by atoms with Gasteiger partial charge in [0.25, 0.3) is 0 Å². The Balaban J connectivity index is 2.14. The minimum absolute atomic E-state index is 0.212. The third-order valence-electron chi connectivity index (χ3n) is 4.17. The van der Waals surface area contributed by atoms with Crippen LogP contribution in [0, 0.1) is 0 Å². The number of aliphatic hydroxyl groups excluding tert-OH is 1. The normalized spacial score (nSPS) is 20.3. The van der Waals surface area contributed by atoms with Gasteiger partial charge in [0.2, 0.25) is 0 Å². The van der Waals surface area contributed by atoms with Gasteiger partial charge >= 0.3 is 0 Å². The van der Waals surface area contributed by atoms with Gasteiger partial charge in [0.1, 0.15) is 5.75 Å². The minimum atomic E-state index is 0.212. The summed E-state index contributed by atoms with van der Waals surface area (Å²) in [5, 5.41) is 19.0. The van der Waals surface area contributed by atoms with E-state index in [1.54, 1.807) is 6.07 Å². The van der Waals surface area contributed by atoms with E-state index in [2.05, 4.69) is 18.7 Å². The van der Waals surface area contributed by atoms with Crippen molar-refractivity contribution < 1.29 is 10.2 Å². The smallest absolute Gasteiger partial charge is 0.115 e. The summed E-state index contributed by atoms with van der Waals surface area (Å²) < 4.78 is 0. The SMILES string of the molecule is CCCN(C(C)CO)C1CCc2ccc(O)cc2C1. The first-order valence-corrected chi connectivity index (χ1v) is 7.33. The molecule has 2 unspecified atom stereocenters. The van der Waals surface area contributed by atoms with Crippen LogP contribution in [0.4, 0.5) is 0 Å². The van der Waals surface area contributed by atoms with Crippen LogP contribution in [-0.4, -0.2) is 40.3 Å². The van der Waals surface area contributed by atoms with Crippen molar-refractivity contribution in [3.05, 3.63) is 29.3 Å². The van der Waals surface area contributed by atoms with Crippen LogP contribution in [0.3, 0.4) is 0 Å². The Morgan fingerprint density at radius 2 is 2.16 bits per heavy atom. The summed E-state index contributed by atoms with van der Waals surface area (Å²) in [4.78, 5) is 2.42. The van der Waals surface area contributed by atoms with E-state index in [0.717, 1.165) is 32.2 Å². The molecule has 0 bridgehead atoms. The zero-order chi connectivity index (χ0) is 13.8. The molecule has 2 atom stereocenters. The van der Waals surface area contributed by atoms with Gasteiger partial charge in [-0.3, -0.25) is 4.90 Å². The zero-order valence-corrected chi connectivity index (χ0v) is 12.0. The molecule has 0 heterocycles. The summed E-state index contributed by atoms with van der Waals surface area (Å²) in [6.07, 6.45) is 4.29. The van der Waals surface area contributed by atoms with Crippen LogP contribution in [0.2, 0.25) is 0 Å². The highest BCUT2D eigenvalue weighted by Crippen LogP contribution is 2.28. The van der Waals surface area contributed by atoms with E-state index in [-0.39, 0.29) is 12.6 Å². The first kappa shape index (κ1) is 14.4. The quantitative estimate of drug-likeness (QED) is 0.857. The number of hydrogen-bond acceptors (Lipinski definition) is 3. The Morgan fingerprint density at radius 3 is 2.84 bits per heavy atom. The molecule has 0 spiro atoms. The molecule has 1 aromatic rings. The lowest BCUT2D eigenvalue weighted by molar-refractivity contribution is 0.0853. The highest BCUT2D eigenvalue weighted by molar-refractivity contribution is 5.37. The Labute approximate surface area is 115 Å². The predicted molar refractivity (Wildman–Crippen MR) is 77.5 cm³/mol. The summed E-state index contributed by atoms with van der Waals surface area (Å²) in [7, 11) is 0. The van der Waals surface area contributed by atoms with Gasteiger partial charge in [0.05, 0.1) is 6.61 Å². The summed E-state index contributed by atoms with van der Waals surface area (Å²) in [6.45, 7) is 5.51. The highest BCUT2D eigenvalue weighted by Gasteiger charge is 2.26. The molecule has 1 aromatic carbocycles. The summed E-state index contributed by atoms with van der Waals surface area (Å²) >= 11 is 0. The van der Waals surface area contributed by atoms with Crippen molar-refractivity contribution in [1.29, 1.82) is 0 Å². The molecular formula is C16H25NO2. The number of aromatic hydroxyl groups is 1. The first-order valence-electron chi connectivity index (χ1n) is 7.33. The van der Waals surface area contributed by atoms with Gasteiger partial charge in [0, 0.05) is 12.1 Å². The molecule has 0 radical (unpaired) electrons. The predicted octanol–water partition coefficient (Wildman–Crippen LogP) is 2.34. The monoisotopic (exact) mass is 263 g/mol. The van der Waals surface area contributed by atoms with E-state index in [4.69, 9.17) is 0 Å². The van der Waals surface area contributed by atoms with Crippen LogP contribution < -0.4 is 0 Å². The Morgan fingerprint density at radius 1 is 1.37 bits per heavy atom. The van der Waals surface area contributed by atoms with Gasteiger partial charge < -0.3 is 10.2 Å². The van der Waals surface area contributed by atoms with E-state index in [1.165, 1.54) is 11.1 Å². The van der Waals surface area contributed by atoms with Crippen molar-refractivity contribution in [2.24, 2.45) is 0 Å². The van der Waals surface area contributed by atoms with Gasteiger partial charge in [-0.2, -0.15) is 0 Å². The van der Waals surface area contributed by atoms with Gasteiger partial charge in [-0.05, 0) is 62.4 Å². The maximum atomic E-state index is 9.62. The fourth-order valence-electron chi connectivity index (χ4n) is 3.13. The van der Waals surface area contributed by atoms with Crippen molar-refractivity contribution in [2.45, 2.75) is 51.6 Å². The van der Waals surface area contributed by atoms with E-state index in [1.807, 2.05) is 12.1 Å². The minimum Gasteiger partial charge on any atom is -0.508 e. The van der Waals surface area contributed by atoms with E-state index in [0.29, 0.717) is 11.8 Å². The number of nitrogens with zero attached hydrogens (tertiary/aromatic N) is 1. The van der Waals surface area contributed by atoms with E-state index in [9.17, 15) is 10.2 Å². The molecular weight excluding hydrogens is 238 g/mol. The van der Waals surface area contributed by atoms with Crippen LogP contribution >= 0.6 is 0 Å². The number of fused-ring (bicyclic) bond motifs is 1. The Bertz CT molecular complexity index is 419. The first-order chi connectivity index (χ1) is 9.15. The van der Waals surface area contributed by atoms with Crippen LogP contribution in [0.25, 0.3) is 0 Å². The number of phenols is 1. The van der Waals surface area contributed by atoms with Crippen LogP contribution in [0.15, 0.2) is 18.2 Å². The highest BCUT2D eigenvalue weighted by atomic mass is 16.3. The number of rotatable bonds is 5. The topological polar surface area (TPSA) is 43.7 Å². The molecule has 1 aliphatic carbocycles. The van der Waals surface area contributed by atoms with Crippen molar-refractivity contribution >= 4 is 0 Å². The van der Waals surface area contributed by atoms with Gasteiger partial charge in [0.15, 0.2) is 0 Å². The molecule has 2 rings (SSSR count). The molecule has 106 valence electrons. The number of benzene rings is 1. The van der Waals surface area contributed by atoms with Crippen molar-refractivity contribution in [3.63, 3.8) is 0 Å². The number of aryl methyl sites for hydroxylation is 1. The van der Waals surface area contributed by atoms with Gasteiger partial charge in [-0.15, -0.1) is 0 Å². The molecule has 3 heteroatoms. The maximum Gasteiger partial charge on any atom is 0.115 e. The second kappa shape index (κ2) is 6.40. The number of hydrogen-bond donors (Lipinski definition) is 2. The van der Waals surface area contributed by atoms with Crippen LogP contribution in [0.1, 0.15) is 37.8 Å². The fourth-order valence-corrected chi connectivity index (χ4v) is 3.13. The molecule has 0 fully saturated rings. The zero-order valence-electron chi connectivity index (χ0n) is 12.0.